The monoisotopic (exact) mass is 382 g/mol. The molecule has 2 rings (SSSR count). The summed E-state index contributed by atoms with van der Waals surface area (Å²) in [5, 5.41) is 8.72. The van der Waals surface area contributed by atoms with E-state index in [1.807, 2.05) is 25.8 Å². The lowest BCUT2D eigenvalue weighted by atomic mass is 9.93. The van der Waals surface area contributed by atoms with Gasteiger partial charge >= 0.3 is 6.03 Å². The van der Waals surface area contributed by atoms with Crippen molar-refractivity contribution in [3.05, 3.63) is 29.8 Å². The maximum atomic E-state index is 12.6. The zero-order valence-corrected chi connectivity index (χ0v) is 16.7. The van der Waals surface area contributed by atoms with Crippen LogP contribution in [0.1, 0.15) is 43.5 Å². The first-order valence-electron chi connectivity index (χ1n) is 9.11. The lowest BCUT2D eigenvalue weighted by Crippen LogP contribution is -2.39. The molecule has 0 atom stereocenters. The lowest BCUT2D eigenvalue weighted by molar-refractivity contribution is 0.0687. The Morgan fingerprint density at radius 3 is 2.31 bits per heavy atom. The molecule has 3 amide bonds. The number of anilines is 1. The van der Waals surface area contributed by atoms with Crippen LogP contribution in [0.4, 0.5) is 10.5 Å². The molecule has 1 aliphatic heterocycles. The molecule has 0 aliphatic carbocycles. The number of urea groups is 1. The first kappa shape index (κ1) is 22.3. The van der Waals surface area contributed by atoms with Gasteiger partial charge in [0.05, 0.1) is 0 Å². The second-order valence-corrected chi connectivity index (χ2v) is 6.96. The average Bonchev–Trinajstić information content (AvgIpc) is 2.59. The third-order valence-electron chi connectivity index (χ3n) is 4.51. The molecule has 6 nitrogen and oxygen atoms in total. The molecule has 1 aliphatic rings. The summed E-state index contributed by atoms with van der Waals surface area (Å²) in [5.74, 6) is 0.785. The predicted octanol–water partition coefficient (Wildman–Crippen LogP) is 3.10. The zero-order valence-electron chi connectivity index (χ0n) is 15.9. The summed E-state index contributed by atoms with van der Waals surface area (Å²) in [6.45, 7) is 6.50. The first-order valence-corrected chi connectivity index (χ1v) is 9.11. The van der Waals surface area contributed by atoms with Crippen molar-refractivity contribution in [2.45, 2.75) is 39.2 Å². The number of benzene rings is 1. The smallest absolute Gasteiger partial charge is 0.319 e. The third-order valence-corrected chi connectivity index (χ3v) is 4.51. The van der Waals surface area contributed by atoms with E-state index in [0.29, 0.717) is 17.2 Å². The highest BCUT2D eigenvalue weighted by atomic mass is 35.5. The summed E-state index contributed by atoms with van der Waals surface area (Å²) in [6, 6.07) is 6.94. The molecule has 1 heterocycles. The lowest BCUT2D eigenvalue weighted by Gasteiger charge is -2.32. The molecule has 0 spiro atoms. The van der Waals surface area contributed by atoms with Crippen LogP contribution in [0.2, 0.25) is 0 Å². The fourth-order valence-electron chi connectivity index (χ4n) is 3.08. The highest BCUT2D eigenvalue weighted by Crippen LogP contribution is 2.22. The summed E-state index contributed by atoms with van der Waals surface area (Å²) in [6.07, 6.45) is 3.32. The van der Waals surface area contributed by atoms with E-state index in [2.05, 4.69) is 16.0 Å². The number of hydrogen-bond donors (Lipinski definition) is 3. The van der Waals surface area contributed by atoms with Crippen molar-refractivity contribution in [3.63, 3.8) is 0 Å². The number of amides is 3. The van der Waals surface area contributed by atoms with Crippen LogP contribution in [-0.2, 0) is 0 Å². The Morgan fingerprint density at radius 2 is 1.77 bits per heavy atom. The molecular formula is C19H31ClN4O2. The molecule has 1 aromatic rings. The van der Waals surface area contributed by atoms with E-state index in [-0.39, 0.29) is 30.4 Å². The topological polar surface area (TPSA) is 73.5 Å². The van der Waals surface area contributed by atoms with Crippen LogP contribution >= 0.6 is 12.4 Å². The van der Waals surface area contributed by atoms with Gasteiger partial charge < -0.3 is 20.9 Å². The Labute approximate surface area is 162 Å². The van der Waals surface area contributed by atoms with E-state index in [9.17, 15) is 9.59 Å². The Bertz CT molecular complexity index is 569. The number of nitrogens with zero attached hydrogens (tertiary/aromatic N) is 1. The van der Waals surface area contributed by atoms with Gasteiger partial charge in [0.2, 0.25) is 0 Å². The highest BCUT2D eigenvalue weighted by Gasteiger charge is 2.23. The molecule has 1 saturated heterocycles. The summed E-state index contributed by atoms with van der Waals surface area (Å²) >= 11 is 0. The summed E-state index contributed by atoms with van der Waals surface area (Å²) in [7, 11) is 1.98. The number of piperidine rings is 1. The van der Waals surface area contributed by atoms with E-state index in [1.54, 1.807) is 24.3 Å². The molecule has 0 bridgehead atoms. The number of nitrogens with one attached hydrogen (secondary N) is 3. The van der Waals surface area contributed by atoms with Gasteiger partial charge in [0.25, 0.3) is 5.91 Å². The van der Waals surface area contributed by atoms with Gasteiger partial charge in [-0.2, -0.15) is 0 Å². The molecule has 0 aromatic heterocycles. The molecule has 1 fully saturated rings. The fraction of sp³-hybridized carbons (Fsp3) is 0.579. The first-order chi connectivity index (χ1) is 12.0. The largest absolute Gasteiger partial charge is 0.339 e. The van der Waals surface area contributed by atoms with Crippen LogP contribution in [0.3, 0.4) is 0 Å². The van der Waals surface area contributed by atoms with Crippen LogP contribution in [0.25, 0.3) is 0 Å². The molecule has 26 heavy (non-hydrogen) atoms. The quantitative estimate of drug-likeness (QED) is 0.707. The third kappa shape index (κ3) is 6.84. The van der Waals surface area contributed by atoms with Gasteiger partial charge in [-0.3, -0.25) is 4.79 Å². The van der Waals surface area contributed by atoms with Gasteiger partial charge in [-0.15, -0.1) is 12.4 Å². The number of halogens is 1. The molecule has 1 aromatic carbocycles. The molecule has 7 heteroatoms. The van der Waals surface area contributed by atoms with E-state index >= 15 is 0 Å². The number of rotatable bonds is 6. The van der Waals surface area contributed by atoms with Gasteiger partial charge in [-0.05, 0) is 76.9 Å². The maximum absolute atomic E-state index is 12.6. The minimum absolute atomic E-state index is 0. The van der Waals surface area contributed by atoms with Crippen LogP contribution in [0.15, 0.2) is 24.3 Å². The Hall–Kier alpha value is -1.79. The molecule has 0 unspecified atom stereocenters. The number of likely N-dealkylation sites (tertiary alicyclic amines) is 1. The number of hydrogen-bond acceptors (Lipinski definition) is 3. The highest BCUT2D eigenvalue weighted by molar-refractivity contribution is 5.95. The van der Waals surface area contributed by atoms with Crippen molar-refractivity contribution >= 4 is 30.0 Å². The SMILES string of the molecule is CNCCC1CCN(C(=O)c2ccc(NC(=O)NC(C)C)cc2)CC1.Cl. The van der Waals surface area contributed by atoms with Gasteiger partial charge in [0.1, 0.15) is 0 Å². The molecule has 3 N–H and O–H groups in total. The second-order valence-electron chi connectivity index (χ2n) is 6.96. The number of carbonyl (C=O) groups excluding carboxylic acids is 2. The van der Waals surface area contributed by atoms with Crippen molar-refractivity contribution in [2.24, 2.45) is 5.92 Å². The fourth-order valence-corrected chi connectivity index (χ4v) is 3.08. The average molecular weight is 383 g/mol. The van der Waals surface area contributed by atoms with Crippen molar-refractivity contribution < 1.29 is 9.59 Å². The normalized spacial score (nSPS) is 14.7. The van der Waals surface area contributed by atoms with Crippen LogP contribution in [-0.4, -0.2) is 49.6 Å². The van der Waals surface area contributed by atoms with Crippen molar-refractivity contribution in [3.8, 4) is 0 Å². The minimum Gasteiger partial charge on any atom is -0.339 e. The van der Waals surface area contributed by atoms with Crippen LogP contribution in [0, 0.1) is 5.92 Å². The Balaban J connectivity index is 0.00000338. The van der Waals surface area contributed by atoms with Gasteiger partial charge in [0.15, 0.2) is 0 Å². The van der Waals surface area contributed by atoms with Crippen molar-refractivity contribution in [1.29, 1.82) is 0 Å². The predicted molar refractivity (Wildman–Crippen MR) is 108 cm³/mol. The van der Waals surface area contributed by atoms with E-state index < -0.39 is 0 Å². The van der Waals surface area contributed by atoms with Crippen LogP contribution < -0.4 is 16.0 Å². The van der Waals surface area contributed by atoms with E-state index in [4.69, 9.17) is 0 Å². The van der Waals surface area contributed by atoms with E-state index in [0.717, 1.165) is 32.5 Å². The Kier molecular flexibility index (Phi) is 9.44. The Morgan fingerprint density at radius 1 is 1.15 bits per heavy atom. The van der Waals surface area contributed by atoms with Crippen molar-refractivity contribution in [1.82, 2.24) is 15.5 Å². The van der Waals surface area contributed by atoms with Gasteiger partial charge in [-0.25, -0.2) is 4.79 Å². The molecule has 146 valence electrons. The van der Waals surface area contributed by atoms with E-state index in [1.165, 1.54) is 6.42 Å². The molecule has 0 saturated carbocycles. The zero-order chi connectivity index (χ0) is 18.2. The van der Waals surface area contributed by atoms with Crippen LogP contribution in [0.5, 0.6) is 0 Å². The van der Waals surface area contributed by atoms with Gasteiger partial charge in [-0.1, -0.05) is 0 Å². The summed E-state index contributed by atoms with van der Waals surface area (Å²) in [5.41, 5.74) is 1.35. The van der Waals surface area contributed by atoms with Crippen molar-refractivity contribution in [2.75, 3.05) is 32.0 Å². The molecule has 0 radical (unpaired) electrons. The number of carbonyl (C=O) groups is 2. The van der Waals surface area contributed by atoms with Gasteiger partial charge in [0, 0.05) is 30.4 Å². The molecular weight excluding hydrogens is 352 g/mol. The second kappa shape index (κ2) is 11.0. The summed E-state index contributed by atoms with van der Waals surface area (Å²) in [4.78, 5) is 26.2. The minimum atomic E-state index is -0.238. The summed E-state index contributed by atoms with van der Waals surface area (Å²) < 4.78 is 0. The maximum Gasteiger partial charge on any atom is 0.319 e. The standard InChI is InChI=1S/C19H30N4O2.ClH/c1-14(2)21-19(25)22-17-6-4-16(5-7-17)18(24)23-12-9-15(10-13-23)8-11-20-3;/h4-7,14-15,20H,8-13H2,1-3H3,(H2,21,22,25);1H.